The van der Waals surface area contributed by atoms with Crippen molar-refractivity contribution in [2.45, 2.75) is 26.2 Å². The van der Waals surface area contributed by atoms with E-state index < -0.39 is 0 Å². The molecule has 1 aliphatic heterocycles. The highest BCUT2D eigenvalue weighted by Crippen LogP contribution is 2.16. The van der Waals surface area contributed by atoms with Crippen LogP contribution in [0.25, 0.3) is 0 Å². The molecule has 0 atom stereocenters. The van der Waals surface area contributed by atoms with Gasteiger partial charge < -0.3 is 10.2 Å². The second kappa shape index (κ2) is 8.39. The number of hydrogen-bond donors (Lipinski definition) is 1. The lowest BCUT2D eigenvalue weighted by molar-refractivity contribution is 0.146. The van der Waals surface area contributed by atoms with Crippen molar-refractivity contribution in [2.24, 2.45) is 0 Å². The van der Waals surface area contributed by atoms with Gasteiger partial charge in [-0.2, -0.15) is 0 Å². The fourth-order valence-corrected chi connectivity index (χ4v) is 2.93. The van der Waals surface area contributed by atoms with Gasteiger partial charge in [-0.1, -0.05) is 41.8 Å². The van der Waals surface area contributed by atoms with Crippen molar-refractivity contribution < 1.29 is 4.79 Å². The third-order valence-corrected chi connectivity index (χ3v) is 4.31. The average Bonchev–Trinajstić information content (AvgIpc) is 2.48. The standard InChI is InChI=1S/C16H24BrN3O/c1-2-3-4-8-19-9-11-20(12-10-19)16(21)18-15-7-5-6-14(17)13-15/h5-7,13H,2-4,8-12H2,1H3,(H,18,21). The van der Waals surface area contributed by atoms with Crippen molar-refractivity contribution in [3.05, 3.63) is 28.7 Å². The van der Waals surface area contributed by atoms with Gasteiger partial charge in [-0.05, 0) is 31.2 Å². The van der Waals surface area contributed by atoms with Crippen LogP contribution in [0, 0.1) is 0 Å². The molecule has 1 N–H and O–H groups in total. The van der Waals surface area contributed by atoms with Crippen LogP contribution in [-0.2, 0) is 0 Å². The van der Waals surface area contributed by atoms with Gasteiger partial charge in [0.25, 0.3) is 0 Å². The highest BCUT2D eigenvalue weighted by molar-refractivity contribution is 9.10. The molecule has 1 saturated heterocycles. The number of rotatable bonds is 5. The molecule has 2 rings (SSSR count). The summed E-state index contributed by atoms with van der Waals surface area (Å²) in [7, 11) is 0. The van der Waals surface area contributed by atoms with Crippen LogP contribution in [0.5, 0.6) is 0 Å². The molecule has 0 aromatic heterocycles. The third kappa shape index (κ3) is 5.32. The van der Waals surface area contributed by atoms with Crippen molar-refractivity contribution in [1.29, 1.82) is 0 Å². The van der Waals surface area contributed by atoms with Gasteiger partial charge in [0.05, 0.1) is 0 Å². The topological polar surface area (TPSA) is 35.6 Å². The first-order valence-electron chi connectivity index (χ1n) is 7.73. The van der Waals surface area contributed by atoms with Gasteiger partial charge in [0, 0.05) is 36.3 Å². The Labute approximate surface area is 135 Å². The first-order valence-corrected chi connectivity index (χ1v) is 8.52. The Bertz CT molecular complexity index is 459. The largest absolute Gasteiger partial charge is 0.322 e. The minimum absolute atomic E-state index is 0.00121. The summed E-state index contributed by atoms with van der Waals surface area (Å²) in [4.78, 5) is 16.6. The number of halogens is 1. The van der Waals surface area contributed by atoms with Gasteiger partial charge in [-0.15, -0.1) is 0 Å². The number of carbonyl (C=O) groups is 1. The minimum Gasteiger partial charge on any atom is -0.322 e. The van der Waals surface area contributed by atoms with E-state index in [0.717, 1.165) is 42.9 Å². The summed E-state index contributed by atoms with van der Waals surface area (Å²) >= 11 is 3.41. The molecule has 116 valence electrons. The number of carbonyl (C=O) groups excluding carboxylic acids is 1. The quantitative estimate of drug-likeness (QED) is 0.817. The summed E-state index contributed by atoms with van der Waals surface area (Å²) in [6.45, 7) is 6.97. The maximum Gasteiger partial charge on any atom is 0.321 e. The van der Waals surface area contributed by atoms with E-state index in [1.165, 1.54) is 19.3 Å². The van der Waals surface area contributed by atoms with Crippen LogP contribution in [0.4, 0.5) is 10.5 Å². The van der Waals surface area contributed by atoms with Crippen molar-refractivity contribution in [3.63, 3.8) is 0 Å². The van der Waals surface area contributed by atoms with Crippen molar-refractivity contribution in [1.82, 2.24) is 9.80 Å². The summed E-state index contributed by atoms with van der Waals surface area (Å²) < 4.78 is 0.973. The van der Waals surface area contributed by atoms with Gasteiger partial charge in [-0.3, -0.25) is 4.90 Å². The first-order chi connectivity index (χ1) is 10.2. The lowest BCUT2D eigenvalue weighted by Gasteiger charge is -2.34. The molecule has 5 heteroatoms. The van der Waals surface area contributed by atoms with Gasteiger partial charge >= 0.3 is 6.03 Å². The van der Waals surface area contributed by atoms with Crippen LogP contribution in [0.15, 0.2) is 28.7 Å². The van der Waals surface area contributed by atoms with Crippen molar-refractivity contribution >= 4 is 27.6 Å². The minimum atomic E-state index is 0.00121. The van der Waals surface area contributed by atoms with E-state index in [9.17, 15) is 4.79 Å². The number of hydrogen-bond acceptors (Lipinski definition) is 2. The molecule has 21 heavy (non-hydrogen) atoms. The van der Waals surface area contributed by atoms with E-state index in [1.54, 1.807) is 0 Å². The molecule has 0 radical (unpaired) electrons. The second-order valence-corrected chi connectivity index (χ2v) is 6.39. The van der Waals surface area contributed by atoms with Gasteiger partial charge in [0.15, 0.2) is 0 Å². The molecular weight excluding hydrogens is 330 g/mol. The van der Waals surface area contributed by atoms with Crippen molar-refractivity contribution in [3.8, 4) is 0 Å². The van der Waals surface area contributed by atoms with Crippen LogP contribution in [0.2, 0.25) is 0 Å². The van der Waals surface area contributed by atoms with Crippen LogP contribution < -0.4 is 5.32 Å². The zero-order valence-electron chi connectivity index (χ0n) is 12.6. The summed E-state index contributed by atoms with van der Waals surface area (Å²) in [5, 5.41) is 2.96. The number of nitrogens with one attached hydrogen (secondary N) is 1. The molecule has 4 nitrogen and oxygen atoms in total. The molecule has 1 aromatic carbocycles. The molecule has 1 aromatic rings. The summed E-state index contributed by atoms with van der Waals surface area (Å²) in [5.41, 5.74) is 0.833. The highest BCUT2D eigenvalue weighted by atomic mass is 79.9. The van der Waals surface area contributed by atoms with E-state index in [-0.39, 0.29) is 6.03 Å². The van der Waals surface area contributed by atoms with Gasteiger partial charge in [0.2, 0.25) is 0 Å². The molecule has 0 aliphatic carbocycles. The molecule has 2 amide bonds. The first kappa shape index (κ1) is 16.3. The SMILES string of the molecule is CCCCCN1CCN(C(=O)Nc2cccc(Br)c2)CC1. The van der Waals surface area contributed by atoms with Crippen LogP contribution in [0.1, 0.15) is 26.2 Å². The normalized spacial score (nSPS) is 16.0. The average molecular weight is 354 g/mol. The molecule has 0 bridgehead atoms. The molecule has 0 unspecified atom stereocenters. The van der Waals surface area contributed by atoms with E-state index in [2.05, 4.69) is 33.1 Å². The van der Waals surface area contributed by atoms with Crippen LogP contribution in [0.3, 0.4) is 0 Å². The second-order valence-electron chi connectivity index (χ2n) is 5.48. The summed E-state index contributed by atoms with van der Waals surface area (Å²) in [6, 6.07) is 7.69. The maximum absolute atomic E-state index is 12.2. The Balaban J connectivity index is 1.75. The fraction of sp³-hybridized carbons (Fsp3) is 0.562. The number of amides is 2. The maximum atomic E-state index is 12.2. The molecule has 1 fully saturated rings. The number of unbranched alkanes of at least 4 members (excludes halogenated alkanes) is 2. The Hall–Kier alpha value is -1.07. The van der Waals surface area contributed by atoms with Gasteiger partial charge in [0.1, 0.15) is 0 Å². The Morgan fingerprint density at radius 2 is 2.00 bits per heavy atom. The number of urea groups is 1. The molecule has 1 aliphatic rings. The fourth-order valence-electron chi connectivity index (χ4n) is 2.53. The number of anilines is 1. The smallest absolute Gasteiger partial charge is 0.321 e. The summed E-state index contributed by atoms with van der Waals surface area (Å²) in [6.07, 6.45) is 3.82. The summed E-state index contributed by atoms with van der Waals surface area (Å²) in [5.74, 6) is 0. The Morgan fingerprint density at radius 1 is 1.24 bits per heavy atom. The lowest BCUT2D eigenvalue weighted by atomic mass is 10.2. The molecule has 0 saturated carbocycles. The molecular formula is C16H24BrN3O. The predicted octanol–water partition coefficient (Wildman–Crippen LogP) is 3.79. The van der Waals surface area contributed by atoms with E-state index >= 15 is 0 Å². The van der Waals surface area contributed by atoms with Gasteiger partial charge in [-0.25, -0.2) is 4.79 Å². The monoisotopic (exact) mass is 353 g/mol. The molecule has 0 spiro atoms. The number of piperazine rings is 1. The lowest BCUT2D eigenvalue weighted by Crippen LogP contribution is -2.50. The van der Waals surface area contributed by atoms with Crippen LogP contribution in [-0.4, -0.2) is 48.6 Å². The molecule has 1 heterocycles. The Kier molecular flexibility index (Phi) is 6.51. The predicted molar refractivity (Wildman–Crippen MR) is 90.7 cm³/mol. The van der Waals surface area contributed by atoms with Crippen LogP contribution >= 0.6 is 15.9 Å². The van der Waals surface area contributed by atoms with E-state index in [1.807, 2.05) is 29.2 Å². The van der Waals surface area contributed by atoms with Crippen molar-refractivity contribution in [2.75, 3.05) is 38.0 Å². The zero-order valence-corrected chi connectivity index (χ0v) is 14.2. The van der Waals surface area contributed by atoms with E-state index in [0.29, 0.717) is 0 Å². The highest BCUT2D eigenvalue weighted by Gasteiger charge is 2.20. The number of benzene rings is 1. The van der Waals surface area contributed by atoms with E-state index in [4.69, 9.17) is 0 Å². The third-order valence-electron chi connectivity index (χ3n) is 3.81. The zero-order chi connectivity index (χ0) is 15.1. The Morgan fingerprint density at radius 3 is 2.67 bits per heavy atom. The number of nitrogens with zero attached hydrogens (tertiary/aromatic N) is 2.